The molecule has 3 rings (SSSR count). The lowest BCUT2D eigenvalue weighted by Crippen LogP contribution is -2.59. The summed E-state index contributed by atoms with van der Waals surface area (Å²) in [5.74, 6) is -5.12. The van der Waals surface area contributed by atoms with E-state index in [1.165, 1.54) is 12.1 Å². The predicted octanol–water partition coefficient (Wildman–Crippen LogP) is -1.50. The monoisotopic (exact) mass is 857 g/mol. The number of phenolic OH excluding ortho intramolecular Hbond substituents is 1. The Kier molecular flexibility index (Phi) is 20.3. The highest BCUT2D eigenvalue weighted by Crippen LogP contribution is 2.12. The lowest BCUT2D eigenvalue weighted by Gasteiger charge is -2.27. The molecule has 0 aliphatic carbocycles. The van der Waals surface area contributed by atoms with E-state index in [1.54, 1.807) is 72.8 Å². The zero-order chi connectivity index (χ0) is 45.6. The number of carbonyl (C=O) groups is 7. The number of phenols is 1. The Morgan fingerprint density at radius 1 is 0.581 bits per heavy atom. The van der Waals surface area contributed by atoms with Crippen LogP contribution in [0.2, 0.25) is 0 Å². The minimum atomic E-state index is -1.21. The molecular formula is C43H59N11O8. The number of rotatable bonds is 25. The van der Waals surface area contributed by atoms with Crippen molar-refractivity contribution in [1.82, 2.24) is 31.9 Å². The second kappa shape index (κ2) is 25.6. The van der Waals surface area contributed by atoms with Crippen LogP contribution in [0.15, 0.2) is 89.9 Å². The number of amides is 7. The average molecular weight is 858 g/mol. The van der Waals surface area contributed by atoms with E-state index in [9.17, 15) is 38.7 Å². The van der Waals surface area contributed by atoms with Crippen molar-refractivity contribution < 1.29 is 38.7 Å². The van der Waals surface area contributed by atoms with Crippen LogP contribution in [0, 0.1) is 5.92 Å². The van der Waals surface area contributed by atoms with Crippen LogP contribution in [0.5, 0.6) is 5.75 Å². The second-order valence-electron chi connectivity index (χ2n) is 15.1. The molecule has 5 atom stereocenters. The van der Waals surface area contributed by atoms with Gasteiger partial charge in [0.2, 0.25) is 41.4 Å². The number of aliphatic imine (C=N–C) groups is 1. The van der Waals surface area contributed by atoms with Gasteiger partial charge in [-0.3, -0.25) is 38.6 Å². The van der Waals surface area contributed by atoms with Crippen LogP contribution in [-0.2, 0) is 52.8 Å². The third-order valence-corrected chi connectivity index (χ3v) is 9.39. The van der Waals surface area contributed by atoms with Gasteiger partial charge in [-0.05, 0) is 60.4 Å². The molecule has 62 heavy (non-hydrogen) atoms. The van der Waals surface area contributed by atoms with Gasteiger partial charge in [-0.15, -0.1) is 0 Å². The third-order valence-electron chi connectivity index (χ3n) is 9.39. The number of primary amides is 1. The maximum absolute atomic E-state index is 14.0. The van der Waals surface area contributed by atoms with Gasteiger partial charge in [0.05, 0.1) is 19.1 Å². The minimum Gasteiger partial charge on any atom is -0.508 e. The third kappa shape index (κ3) is 18.5. The fourth-order valence-electron chi connectivity index (χ4n) is 6.19. The number of aromatic hydroxyl groups is 1. The van der Waals surface area contributed by atoms with Gasteiger partial charge in [0.1, 0.15) is 29.9 Å². The van der Waals surface area contributed by atoms with E-state index in [1.807, 2.05) is 13.8 Å². The first-order valence-corrected chi connectivity index (χ1v) is 20.2. The number of hydrogen-bond donors (Lipinski definition) is 11. The highest BCUT2D eigenvalue weighted by molar-refractivity contribution is 5.96. The maximum Gasteiger partial charge on any atom is 0.243 e. The fraction of sp³-hybridized carbons (Fsp3) is 0.395. The number of carbonyl (C=O) groups excluding carboxylic acids is 7. The number of hydrogen-bond acceptors (Lipinski definition) is 10. The summed E-state index contributed by atoms with van der Waals surface area (Å²) in [5.41, 5.74) is 24.7. The lowest BCUT2D eigenvalue weighted by atomic mass is 10.00. The van der Waals surface area contributed by atoms with Crippen LogP contribution in [0.25, 0.3) is 0 Å². The first-order chi connectivity index (χ1) is 29.5. The lowest BCUT2D eigenvalue weighted by molar-refractivity contribution is -0.134. The van der Waals surface area contributed by atoms with Crippen LogP contribution >= 0.6 is 0 Å². The first kappa shape index (κ1) is 49.3. The minimum absolute atomic E-state index is 0.0170. The number of guanidine groups is 1. The van der Waals surface area contributed by atoms with Gasteiger partial charge < -0.3 is 59.9 Å². The zero-order valence-corrected chi connectivity index (χ0v) is 35.0. The van der Waals surface area contributed by atoms with E-state index in [2.05, 4.69) is 36.9 Å². The highest BCUT2D eigenvalue weighted by atomic mass is 16.3. The standard InChI is InChI=1S/C43H59N11O8/c1-26(2)20-34(41(61)52-32(14-9-19-48-43(46)47)40(60)53-33(38(45)58)22-27-10-5-3-6-11-27)54-42(62)35(23-28-12-7-4-8-13-28)51-37(57)25-49-36(56)24-50-39(59)31(44)21-29-15-17-30(55)18-16-29/h3-8,10-13,15-18,26,31-35,55H,9,14,19-25,44H2,1-2H3,(H2,45,58)(H,49,56)(H,50,59)(H,51,57)(H,52,61)(H,53,60)(H,54,62)(H4,46,47,48)/t31-,32-,33-,34-,35-/m0/s1. The predicted molar refractivity (Wildman–Crippen MR) is 232 cm³/mol. The van der Waals surface area contributed by atoms with Crippen molar-refractivity contribution in [2.24, 2.45) is 33.8 Å². The fourth-order valence-corrected chi connectivity index (χ4v) is 6.19. The van der Waals surface area contributed by atoms with Crippen LogP contribution in [0.1, 0.15) is 49.8 Å². The molecule has 7 amide bonds. The topological polar surface area (TPSA) is 328 Å². The smallest absolute Gasteiger partial charge is 0.243 e. The van der Waals surface area contributed by atoms with Crippen molar-refractivity contribution in [2.75, 3.05) is 19.6 Å². The van der Waals surface area contributed by atoms with Gasteiger partial charge in [-0.1, -0.05) is 86.6 Å². The van der Waals surface area contributed by atoms with Crippen LogP contribution in [0.3, 0.4) is 0 Å². The van der Waals surface area contributed by atoms with Gasteiger partial charge in [0.15, 0.2) is 5.96 Å². The Balaban J connectivity index is 1.70. The van der Waals surface area contributed by atoms with Gasteiger partial charge >= 0.3 is 0 Å². The summed E-state index contributed by atoms with van der Waals surface area (Å²) in [6, 6.07) is 18.2. The number of benzene rings is 3. The van der Waals surface area contributed by atoms with Crippen LogP contribution in [-0.4, -0.2) is 102 Å². The molecule has 3 aromatic carbocycles. The van der Waals surface area contributed by atoms with Crippen LogP contribution < -0.4 is 54.8 Å². The van der Waals surface area contributed by atoms with Gasteiger partial charge in [-0.25, -0.2) is 0 Å². The van der Waals surface area contributed by atoms with Crippen molar-refractivity contribution in [3.63, 3.8) is 0 Å². The molecule has 0 saturated heterocycles. The number of nitrogens with one attached hydrogen (secondary N) is 6. The summed E-state index contributed by atoms with van der Waals surface area (Å²) in [4.78, 5) is 96.2. The number of nitrogens with zero attached hydrogens (tertiary/aromatic N) is 1. The Bertz CT molecular complexity index is 1980. The molecule has 15 N–H and O–H groups in total. The first-order valence-electron chi connectivity index (χ1n) is 20.2. The van der Waals surface area contributed by atoms with E-state index in [0.29, 0.717) is 11.1 Å². The van der Waals surface area contributed by atoms with E-state index in [4.69, 9.17) is 22.9 Å². The van der Waals surface area contributed by atoms with Gasteiger partial charge in [0, 0.05) is 19.4 Å². The average Bonchev–Trinajstić information content (AvgIpc) is 3.23. The van der Waals surface area contributed by atoms with Crippen molar-refractivity contribution in [2.45, 2.75) is 82.6 Å². The Morgan fingerprint density at radius 2 is 1.08 bits per heavy atom. The number of nitrogens with two attached hydrogens (primary N) is 4. The Morgan fingerprint density at radius 3 is 1.65 bits per heavy atom. The molecule has 0 heterocycles. The van der Waals surface area contributed by atoms with E-state index < -0.39 is 84.6 Å². The van der Waals surface area contributed by atoms with Crippen molar-refractivity contribution >= 4 is 47.3 Å². The molecule has 0 aromatic heterocycles. The van der Waals surface area contributed by atoms with Gasteiger partial charge in [-0.2, -0.15) is 0 Å². The molecule has 0 spiro atoms. The van der Waals surface area contributed by atoms with E-state index in [-0.39, 0.29) is 62.7 Å². The summed E-state index contributed by atoms with van der Waals surface area (Å²) in [5, 5.41) is 25.0. The summed E-state index contributed by atoms with van der Waals surface area (Å²) < 4.78 is 0. The molecule has 3 aromatic rings. The molecule has 0 aliphatic heterocycles. The molecule has 19 nitrogen and oxygen atoms in total. The largest absolute Gasteiger partial charge is 0.508 e. The second-order valence-corrected chi connectivity index (χ2v) is 15.1. The maximum atomic E-state index is 14.0. The molecule has 0 radical (unpaired) electrons. The molecule has 0 bridgehead atoms. The van der Waals surface area contributed by atoms with Crippen molar-refractivity contribution in [3.05, 3.63) is 102 Å². The highest BCUT2D eigenvalue weighted by Gasteiger charge is 2.32. The van der Waals surface area contributed by atoms with Crippen molar-refractivity contribution in [3.8, 4) is 5.75 Å². The molecule has 0 unspecified atom stereocenters. The summed E-state index contributed by atoms with van der Waals surface area (Å²) in [6.45, 7) is 2.80. The molecule has 0 aliphatic rings. The van der Waals surface area contributed by atoms with Crippen LogP contribution in [0.4, 0.5) is 0 Å². The molecule has 0 fully saturated rings. The quantitative estimate of drug-likeness (QED) is 0.0265. The van der Waals surface area contributed by atoms with E-state index in [0.717, 1.165) is 5.56 Å². The summed E-state index contributed by atoms with van der Waals surface area (Å²) in [7, 11) is 0. The molecular weight excluding hydrogens is 799 g/mol. The normalized spacial score (nSPS) is 13.2. The van der Waals surface area contributed by atoms with Gasteiger partial charge in [0.25, 0.3) is 0 Å². The zero-order valence-electron chi connectivity index (χ0n) is 35.0. The van der Waals surface area contributed by atoms with E-state index >= 15 is 0 Å². The molecule has 334 valence electrons. The summed E-state index contributed by atoms with van der Waals surface area (Å²) in [6.07, 6.45) is 0.745. The van der Waals surface area contributed by atoms with Crippen molar-refractivity contribution in [1.29, 1.82) is 0 Å². The molecule has 19 heteroatoms. The SMILES string of the molecule is CC(C)C[C@H](NC(=O)[C@H](Cc1ccccc1)NC(=O)CNC(=O)CNC(=O)[C@@H](N)Cc1ccc(O)cc1)C(=O)N[C@@H](CCCN=C(N)N)C(=O)N[C@@H](Cc1ccccc1)C(N)=O. The Hall–Kier alpha value is -7.02. The molecule has 0 saturated carbocycles. The summed E-state index contributed by atoms with van der Waals surface area (Å²) >= 11 is 0. The Labute approximate surface area is 360 Å².